The molecule has 0 saturated carbocycles. The SMILES string of the molecule is COc1cccc(CCN(Cc2cccc([N+](=O)[O-])c2)C(=O)O)c1. The fraction of sp³-hybridized carbons (Fsp3) is 0.235. The molecule has 0 heterocycles. The fourth-order valence-electron chi connectivity index (χ4n) is 2.32. The van der Waals surface area contributed by atoms with Gasteiger partial charge in [0, 0.05) is 25.2 Å². The largest absolute Gasteiger partial charge is 0.497 e. The molecular weight excluding hydrogens is 312 g/mol. The summed E-state index contributed by atoms with van der Waals surface area (Å²) in [5.74, 6) is 0.716. The van der Waals surface area contributed by atoms with Gasteiger partial charge >= 0.3 is 6.09 Å². The first-order valence-corrected chi connectivity index (χ1v) is 7.33. The summed E-state index contributed by atoms with van der Waals surface area (Å²) >= 11 is 0. The van der Waals surface area contributed by atoms with Gasteiger partial charge in [-0.3, -0.25) is 10.1 Å². The van der Waals surface area contributed by atoms with E-state index in [0.717, 1.165) is 5.56 Å². The van der Waals surface area contributed by atoms with Crippen molar-refractivity contribution in [3.8, 4) is 5.75 Å². The maximum Gasteiger partial charge on any atom is 0.407 e. The van der Waals surface area contributed by atoms with Gasteiger partial charge < -0.3 is 14.7 Å². The summed E-state index contributed by atoms with van der Waals surface area (Å²) in [4.78, 5) is 23.0. The number of hydrogen-bond donors (Lipinski definition) is 1. The highest BCUT2D eigenvalue weighted by Crippen LogP contribution is 2.16. The maximum absolute atomic E-state index is 11.4. The van der Waals surface area contributed by atoms with Crippen molar-refractivity contribution in [2.45, 2.75) is 13.0 Å². The van der Waals surface area contributed by atoms with Crippen LogP contribution < -0.4 is 4.74 Å². The minimum atomic E-state index is -1.07. The first-order valence-electron chi connectivity index (χ1n) is 7.33. The van der Waals surface area contributed by atoms with Gasteiger partial charge in [0.1, 0.15) is 5.75 Å². The van der Waals surface area contributed by atoms with E-state index in [9.17, 15) is 20.0 Å². The standard InChI is InChI=1S/C17H18N2O5/c1-24-16-7-3-4-13(11-16)8-9-18(17(20)21)12-14-5-2-6-15(10-14)19(22)23/h2-7,10-11H,8-9,12H2,1H3,(H,20,21). The lowest BCUT2D eigenvalue weighted by molar-refractivity contribution is -0.384. The highest BCUT2D eigenvalue weighted by Gasteiger charge is 2.14. The van der Waals surface area contributed by atoms with Crippen molar-refractivity contribution in [3.05, 3.63) is 69.8 Å². The van der Waals surface area contributed by atoms with Crippen LogP contribution in [0.25, 0.3) is 0 Å². The smallest absolute Gasteiger partial charge is 0.407 e. The van der Waals surface area contributed by atoms with Gasteiger partial charge in [-0.25, -0.2) is 4.79 Å². The van der Waals surface area contributed by atoms with E-state index in [0.29, 0.717) is 17.7 Å². The van der Waals surface area contributed by atoms with Crippen LogP contribution in [0.15, 0.2) is 48.5 Å². The van der Waals surface area contributed by atoms with E-state index < -0.39 is 11.0 Å². The molecule has 126 valence electrons. The van der Waals surface area contributed by atoms with Crippen LogP contribution in [0, 0.1) is 10.1 Å². The number of nitrogens with zero attached hydrogens (tertiary/aromatic N) is 2. The number of nitro groups is 1. The zero-order valence-electron chi connectivity index (χ0n) is 13.2. The molecule has 0 spiro atoms. The summed E-state index contributed by atoms with van der Waals surface area (Å²) in [5, 5.41) is 20.2. The number of hydrogen-bond acceptors (Lipinski definition) is 4. The number of carboxylic acid groups (broad SMARTS) is 1. The maximum atomic E-state index is 11.4. The van der Waals surface area contributed by atoms with Gasteiger partial charge in [0.25, 0.3) is 5.69 Å². The van der Waals surface area contributed by atoms with E-state index in [2.05, 4.69) is 0 Å². The third-order valence-corrected chi connectivity index (χ3v) is 3.57. The first kappa shape index (κ1) is 17.3. The molecule has 2 rings (SSSR count). The summed E-state index contributed by atoms with van der Waals surface area (Å²) < 4.78 is 5.15. The zero-order valence-corrected chi connectivity index (χ0v) is 13.2. The van der Waals surface area contributed by atoms with Gasteiger partial charge in [0.15, 0.2) is 0 Å². The molecular formula is C17H18N2O5. The molecule has 0 aliphatic rings. The third kappa shape index (κ3) is 4.70. The lowest BCUT2D eigenvalue weighted by Gasteiger charge is -2.19. The molecule has 0 atom stereocenters. The van der Waals surface area contributed by atoms with Crippen LogP contribution >= 0.6 is 0 Å². The van der Waals surface area contributed by atoms with E-state index in [1.165, 1.54) is 17.0 Å². The Bertz CT molecular complexity index is 732. The summed E-state index contributed by atoms with van der Waals surface area (Å²) in [7, 11) is 1.57. The van der Waals surface area contributed by atoms with Crippen molar-refractivity contribution in [2.75, 3.05) is 13.7 Å². The molecule has 7 heteroatoms. The Morgan fingerprint density at radius 2 is 1.92 bits per heavy atom. The van der Waals surface area contributed by atoms with Crippen LogP contribution in [-0.2, 0) is 13.0 Å². The Kier molecular flexibility index (Phi) is 5.73. The highest BCUT2D eigenvalue weighted by molar-refractivity contribution is 5.65. The van der Waals surface area contributed by atoms with E-state index in [1.54, 1.807) is 19.2 Å². The van der Waals surface area contributed by atoms with Gasteiger partial charge in [-0.1, -0.05) is 24.3 Å². The number of amides is 1. The molecule has 7 nitrogen and oxygen atoms in total. The average Bonchev–Trinajstić information content (AvgIpc) is 2.58. The summed E-state index contributed by atoms with van der Waals surface area (Å²) in [6.45, 7) is 0.381. The molecule has 24 heavy (non-hydrogen) atoms. The van der Waals surface area contributed by atoms with Gasteiger partial charge in [0.2, 0.25) is 0 Å². The fourth-order valence-corrected chi connectivity index (χ4v) is 2.32. The van der Waals surface area contributed by atoms with Crippen LogP contribution in [-0.4, -0.2) is 34.7 Å². The van der Waals surface area contributed by atoms with Crippen LogP contribution in [0.4, 0.5) is 10.5 Å². The molecule has 0 bridgehead atoms. The Balaban J connectivity index is 2.05. The van der Waals surface area contributed by atoms with Crippen LogP contribution in [0.1, 0.15) is 11.1 Å². The first-order chi connectivity index (χ1) is 11.5. The molecule has 0 saturated heterocycles. The van der Waals surface area contributed by atoms with Crippen molar-refractivity contribution in [3.63, 3.8) is 0 Å². The minimum Gasteiger partial charge on any atom is -0.497 e. The van der Waals surface area contributed by atoms with E-state index in [1.807, 2.05) is 24.3 Å². The number of benzene rings is 2. The van der Waals surface area contributed by atoms with Crippen LogP contribution in [0.2, 0.25) is 0 Å². The summed E-state index contributed by atoms with van der Waals surface area (Å²) in [6, 6.07) is 13.4. The average molecular weight is 330 g/mol. The normalized spacial score (nSPS) is 10.2. The van der Waals surface area contributed by atoms with E-state index in [4.69, 9.17) is 4.74 Å². The quantitative estimate of drug-likeness (QED) is 0.621. The highest BCUT2D eigenvalue weighted by atomic mass is 16.6. The second-order valence-corrected chi connectivity index (χ2v) is 5.23. The number of carbonyl (C=O) groups is 1. The lowest BCUT2D eigenvalue weighted by Crippen LogP contribution is -2.31. The number of ether oxygens (including phenoxy) is 1. The predicted molar refractivity (Wildman–Crippen MR) is 88.2 cm³/mol. The second kappa shape index (κ2) is 7.96. The van der Waals surface area contributed by atoms with Crippen LogP contribution in [0.3, 0.4) is 0 Å². The Morgan fingerprint density at radius 1 is 1.21 bits per heavy atom. The topological polar surface area (TPSA) is 92.9 Å². The monoisotopic (exact) mass is 330 g/mol. The van der Waals surface area contributed by atoms with Crippen molar-refractivity contribution >= 4 is 11.8 Å². The van der Waals surface area contributed by atoms with Crippen molar-refractivity contribution in [1.82, 2.24) is 4.90 Å². The van der Waals surface area contributed by atoms with Crippen molar-refractivity contribution in [1.29, 1.82) is 0 Å². The summed E-state index contributed by atoms with van der Waals surface area (Å²) in [5.41, 5.74) is 1.49. The minimum absolute atomic E-state index is 0.0503. The Morgan fingerprint density at radius 3 is 2.58 bits per heavy atom. The number of rotatable bonds is 7. The Labute approximate surface area is 139 Å². The molecule has 0 aromatic heterocycles. The Hall–Kier alpha value is -3.09. The molecule has 0 fully saturated rings. The molecule has 0 radical (unpaired) electrons. The number of methoxy groups -OCH3 is 1. The van der Waals surface area contributed by atoms with Crippen LogP contribution in [0.5, 0.6) is 5.75 Å². The lowest BCUT2D eigenvalue weighted by atomic mass is 10.1. The third-order valence-electron chi connectivity index (χ3n) is 3.57. The van der Waals surface area contributed by atoms with Gasteiger partial charge in [-0.15, -0.1) is 0 Å². The molecule has 1 N–H and O–H groups in total. The molecule has 2 aromatic rings. The number of nitro benzene ring substituents is 1. The zero-order chi connectivity index (χ0) is 17.5. The molecule has 0 aliphatic heterocycles. The van der Waals surface area contributed by atoms with Gasteiger partial charge in [0.05, 0.1) is 12.0 Å². The second-order valence-electron chi connectivity index (χ2n) is 5.23. The van der Waals surface area contributed by atoms with E-state index >= 15 is 0 Å². The molecule has 2 aromatic carbocycles. The summed E-state index contributed by atoms with van der Waals surface area (Å²) in [6.07, 6.45) is -0.539. The van der Waals surface area contributed by atoms with Gasteiger partial charge in [-0.2, -0.15) is 0 Å². The number of non-ortho nitro benzene ring substituents is 1. The van der Waals surface area contributed by atoms with E-state index in [-0.39, 0.29) is 18.8 Å². The predicted octanol–water partition coefficient (Wildman–Crippen LogP) is 3.33. The molecule has 0 aliphatic carbocycles. The van der Waals surface area contributed by atoms with Crippen molar-refractivity contribution < 1.29 is 19.6 Å². The van der Waals surface area contributed by atoms with Gasteiger partial charge in [-0.05, 0) is 29.7 Å². The van der Waals surface area contributed by atoms with Crippen molar-refractivity contribution in [2.24, 2.45) is 0 Å². The molecule has 1 amide bonds. The molecule has 0 unspecified atom stereocenters.